The van der Waals surface area contributed by atoms with E-state index in [2.05, 4.69) is 4.98 Å². The van der Waals surface area contributed by atoms with Crippen LogP contribution in [-0.4, -0.2) is 20.7 Å². The van der Waals surface area contributed by atoms with Crippen molar-refractivity contribution in [2.75, 3.05) is 5.84 Å². The van der Waals surface area contributed by atoms with Gasteiger partial charge >= 0.3 is 5.97 Å². The number of benzene rings is 1. The van der Waals surface area contributed by atoms with Crippen LogP contribution in [0.1, 0.15) is 16.1 Å². The van der Waals surface area contributed by atoms with Crippen LogP contribution in [0.2, 0.25) is 0 Å². The standard InChI is InChI=1S/C11H11N3O2/c1-7-2-4-8(5-3-7)10-13-6-9(11(15)16)14(10)12/h2-6H,12H2,1H3,(H,15,16). The highest BCUT2D eigenvalue weighted by molar-refractivity contribution is 5.86. The van der Waals surface area contributed by atoms with Gasteiger partial charge in [-0.25, -0.2) is 14.5 Å². The van der Waals surface area contributed by atoms with E-state index in [0.29, 0.717) is 5.82 Å². The second kappa shape index (κ2) is 3.69. The zero-order valence-electron chi connectivity index (χ0n) is 8.71. The van der Waals surface area contributed by atoms with E-state index in [9.17, 15) is 4.79 Å². The molecule has 0 saturated carbocycles. The quantitative estimate of drug-likeness (QED) is 0.742. The SMILES string of the molecule is Cc1ccc(-c2ncc(C(=O)O)n2N)cc1. The number of nitrogens with zero attached hydrogens (tertiary/aromatic N) is 2. The molecule has 1 aromatic heterocycles. The third kappa shape index (κ3) is 1.63. The van der Waals surface area contributed by atoms with Gasteiger partial charge in [0.15, 0.2) is 11.5 Å². The van der Waals surface area contributed by atoms with Gasteiger partial charge in [-0.1, -0.05) is 29.8 Å². The predicted molar refractivity (Wildman–Crippen MR) is 59.5 cm³/mol. The molecule has 16 heavy (non-hydrogen) atoms. The van der Waals surface area contributed by atoms with Crippen LogP contribution >= 0.6 is 0 Å². The first-order valence-electron chi connectivity index (χ1n) is 4.72. The monoisotopic (exact) mass is 217 g/mol. The number of aromatic nitrogens is 2. The van der Waals surface area contributed by atoms with E-state index in [1.165, 1.54) is 6.20 Å². The Labute approximate surface area is 92.1 Å². The fourth-order valence-corrected chi connectivity index (χ4v) is 1.44. The fraction of sp³-hybridized carbons (Fsp3) is 0.0909. The van der Waals surface area contributed by atoms with Crippen molar-refractivity contribution >= 4 is 5.97 Å². The van der Waals surface area contributed by atoms with Crippen LogP contribution in [0.25, 0.3) is 11.4 Å². The lowest BCUT2D eigenvalue weighted by atomic mass is 10.1. The van der Waals surface area contributed by atoms with E-state index in [0.717, 1.165) is 15.8 Å². The summed E-state index contributed by atoms with van der Waals surface area (Å²) in [4.78, 5) is 14.8. The second-order valence-electron chi connectivity index (χ2n) is 3.51. The third-order valence-electron chi connectivity index (χ3n) is 2.33. The summed E-state index contributed by atoms with van der Waals surface area (Å²) in [5.74, 6) is 5.00. The molecule has 0 saturated heterocycles. The van der Waals surface area contributed by atoms with Gasteiger partial charge in [0.2, 0.25) is 0 Å². The summed E-state index contributed by atoms with van der Waals surface area (Å²) in [7, 11) is 0. The molecule has 5 heteroatoms. The number of rotatable bonds is 2. The molecule has 0 amide bonds. The number of nitrogen functional groups attached to an aromatic ring is 1. The van der Waals surface area contributed by atoms with E-state index >= 15 is 0 Å². The van der Waals surface area contributed by atoms with Crippen molar-refractivity contribution in [2.24, 2.45) is 0 Å². The number of carboxylic acid groups (broad SMARTS) is 1. The Kier molecular flexibility index (Phi) is 2.36. The minimum atomic E-state index is -1.09. The largest absolute Gasteiger partial charge is 0.476 e. The number of carbonyl (C=O) groups is 1. The molecule has 2 rings (SSSR count). The molecule has 3 N–H and O–H groups in total. The topological polar surface area (TPSA) is 81.1 Å². The molecule has 0 radical (unpaired) electrons. The van der Waals surface area contributed by atoms with Crippen LogP contribution in [0.3, 0.4) is 0 Å². The average molecular weight is 217 g/mol. The zero-order valence-corrected chi connectivity index (χ0v) is 8.71. The number of imidazole rings is 1. The van der Waals surface area contributed by atoms with Gasteiger partial charge in [-0.05, 0) is 6.92 Å². The molecule has 82 valence electrons. The minimum Gasteiger partial charge on any atom is -0.476 e. The Morgan fingerprint density at radius 1 is 1.38 bits per heavy atom. The van der Waals surface area contributed by atoms with Gasteiger partial charge in [-0.15, -0.1) is 0 Å². The first-order chi connectivity index (χ1) is 7.59. The van der Waals surface area contributed by atoms with Crippen molar-refractivity contribution < 1.29 is 9.90 Å². The van der Waals surface area contributed by atoms with E-state index in [1.807, 2.05) is 31.2 Å². The van der Waals surface area contributed by atoms with Gasteiger partial charge in [0, 0.05) is 5.56 Å². The Hall–Kier alpha value is -2.30. The summed E-state index contributed by atoms with van der Waals surface area (Å²) >= 11 is 0. The Morgan fingerprint density at radius 3 is 2.50 bits per heavy atom. The molecular weight excluding hydrogens is 206 g/mol. The van der Waals surface area contributed by atoms with E-state index in [-0.39, 0.29) is 5.69 Å². The molecule has 0 aliphatic heterocycles. The predicted octanol–water partition coefficient (Wildman–Crippen LogP) is 1.27. The second-order valence-corrected chi connectivity index (χ2v) is 3.51. The maximum Gasteiger partial charge on any atom is 0.356 e. The number of hydrogen-bond donors (Lipinski definition) is 2. The minimum absolute atomic E-state index is 0.0319. The first kappa shape index (κ1) is 10.2. The lowest BCUT2D eigenvalue weighted by Crippen LogP contribution is -2.17. The number of aryl methyl sites for hydroxylation is 1. The van der Waals surface area contributed by atoms with Crippen LogP contribution in [-0.2, 0) is 0 Å². The Balaban J connectivity index is 2.49. The van der Waals surface area contributed by atoms with Crippen LogP contribution in [0, 0.1) is 6.92 Å². The molecule has 0 atom stereocenters. The molecule has 1 aromatic carbocycles. The fourth-order valence-electron chi connectivity index (χ4n) is 1.44. The number of aromatic carboxylic acids is 1. The molecule has 5 nitrogen and oxygen atoms in total. The summed E-state index contributed by atoms with van der Waals surface area (Å²) in [6, 6.07) is 7.55. The average Bonchev–Trinajstić information content (AvgIpc) is 2.61. The van der Waals surface area contributed by atoms with Crippen molar-refractivity contribution in [1.82, 2.24) is 9.66 Å². The van der Waals surface area contributed by atoms with Gasteiger partial charge in [0.25, 0.3) is 0 Å². The molecule has 0 unspecified atom stereocenters. The zero-order chi connectivity index (χ0) is 11.7. The van der Waals surface area contributed by atoms with Gasteiger partial charge in [0.1, 0.15) is 0 Å². The van der Waals surface area contributed by atoms with Crippen LogP contribution in [0.15, 0.2) is 30.5 Å². The molecule has 0 aliphatic rings. The van der Waals surface area contributed by atoms with E-state index in [1.54, 1.807) is 0 Å². The van der Waals surface area contributed by atoms with Crippen LogP contribution in [0.5, 0.6) is 0 Å². The summed E-state index contributed by atoms with van der Waals surface area (Å²) in [6.07, 6.45) is 1.25. The normalized spacial score (nSPS) is 10.3. The molecule has 1 heterocycles. The smallest absolute Gasteiger partial charge is 0.356 e. The van der Waals surface area contributed by atoms with Gasteiger partial charge < -0.3 is 10.9 Å². The molecule has 0 fully saturated rings. The summed E-state index contributed by atoms with van der Waals surface area (Å²) in [5, 5.41) is 8.83. The highest BCUT2D eigenvalue weighted by Gasteiger charge is 2.14. The van der Waals surface area contributed by atoms with Gasteiger partial charge in [0.05, 0.1) is 6.20 Å². The summed E-state index contributed by atoms with van der Waals surface area (Å²) in [6.45, 7) is 1.97. The number of carboxylic acids is 1. The summed E-state index contributed by atoms with van der Waals surface area (Å²) in [5.41, 5.74) is 1.88. The van der Waals surface area contributed by atoms with Gasteiger partial charge in [-0.2, -0.15) is 0 Å². The lowest BCUT2D eigenvalue weighted by molar-refractivity contribution is 0.0687. The Bertz CT molecular complexity index is 529. The van der Waals surface area contributed by atoms with Gasteiger partial charge in [-0.3, -0.25) is 0 Å². The van der Waals surface area contributed by atoms with Crippen molar-refractivity contribution in [1.29, 1.82) is 0 Å². The van der Waals surface area contributed by atoms with Crippen molar-refractivity contribution in [3.8, 4) is 11.4 Å². The lowest BCUT2D eigenvalue weighted by Gasteiger charge is -2.03. The van der Waals surface area contributed by atoms with Crippen molar-refractivity contribution in [3.05, 3.63) is 41.7 Å². The van der Waals surface area contributed by atoms with Crippen LogP contribution < -0.4 is 5.84 Å². The molecule has 2 aromatic rings. The van der Waals surface area contributed by atoms with Crippen molar-refractivity contribution in [3.63, 3.8) is 0 Å². The molecule has 0 spiro atoms. The maximum absolute atomic E-state index is 10.8. The maximum atomic E-state index is 10.8. The van der Waals surface area contributed by atoms with Crippen molar-refractivity contribution in [2.45, 2.75) is 6.92 Å². The molecule has 0 bridgehead atoms. The third-order valence-corrected chi connectivity index (χ3v) is 2.33. The van der Waals surface area contributed by atoms with E-state index in [4.69, 9.17) is 10.9 Å². The highest BCUT2D eigenvalue weighted by Crippen LogP contribution is 2.17. The molecular formula is C11H11N3O2. The Morgan fingerprint density at radius 2 is 2.00 bits per heavy atom. The number of hydrogen-bond acceptors (Lipinski definition) is 3. The first-order valence-corrected chi connectivity index (χ1v) is 4.72. The molecule has 0 aliphatic carbocycles. The van der Waals surface area contributed by atoms with E-state index < -0.39 is 5.97 Å². The number of nitrogens with two attached hydrogens (primary N) is 1. The summed E-state index contributed by atoms with van der Waals surface area (Å²) < 4.78 is 1.08. The van der Waals surface area contributed by atoms with Crippen LogP contribution in [0.4, 0.5) is 0 Å². The highest BCUT2D eigenvalue weighted by atomic mass is 16.4.